The Morgan fingerprint density at radius 2 is 2.11 bits per heavy atom. The van der Waals surface area contributed by atoms with Crippen molar-refractivity contribution in [3.05, 3.63) is 42.9 Å². The summed E-state index contributed by atoms with van der Waals surface area (Å²) in [6.45, 7) is 0. The van der Waals surface area contributed by atoms with Gasteiger partial charge >= 0.3 is 0 Å². The molecule has 0 aliphatic rings. The van der Waals surface area contributed by atoms with Crippen molar-refractivity contribution in [1.29, 1.82) is 0 Å². The SMILES string of the molecule is c1ccc2[nH]c(-c3cn(-c4ncc[nH]4)nn3)nc2c1. The van der Waals surface area contributed by atoms with Gasteiger partial charge in [-0.1, -0.05) is 17.3 Å². The lowest BCUT2D eigenvalue weighted by atomic mass is 10.3. The van der Waals surface area contributed by atoms with Gasteiger partial charge in [0.15, 0.2) is 5.82 Å². The highest BCUT2D eigenvalue weighted by molar-refractivity contribution is 5.78. The Labute approximate surface area is 107 Å². The van der Waals surface area contributed by atoms with E-state index in [1.54, 1.807) is 23.3 Å². The molecule has 19 heavy (non-hydrogen) atoms. The van der Waals surface area contributed by atoms with Crippen molar-refractivity contribution < 1.29 is 0 Å². The predicted molar refractivity (Wildman–Crippen MR) is 68.6 cm³/mol. The highest BCUT2D eigenvalue weighted by atomic mass is 15.5. The van der Waals surface area contributed by atoms with Crippen LogP contribution in [0.15, 0.2) is 42.9 Å². The van der Waals surface area contributed by atoms with Crippen LogP contribution in [-0.4, -0.2) is 34.9 Å². The topological polar surface area (TPSA) is 88.1 Å². The molecular weight excluding hydrogens is 242 g/mol. The molecule has 0 radical (unpaired) electrons. The van der Waals surface area contributed by atoms with Gasteiger partial charge in [-0.3, -0.25) is 0 Å². The normalized spacial score (nSPS) is 11.2. The Morgan fingerprint density at radius 1 is 1.16 bits per heavy atom. The molecule has 2 N–H and O–H groups in total. The van der Waals surface area contributed by atoms with E-state index in [-0.39, 0.29) is 0 Å². The average Bonchev–Trinajstić information content (AvgIpc) is 3.17. The summed E-state index contributed by atoms with van der Waals surface area (Å²) in [7, 11) is 0. The van der Waals surface area contributed by atoms with E-state index >= 15 is 0 Å². The van der Waals surface area contributed by atoms with Gasteiger partial charge in [0.1, 0.15) is 5.69 Å². The molecule has 0 fully saturated rings. The second-order valence-corrected chi connectivity index (χ2v) is 4.06. The van der Waals surface area contributed by atoms with Crippen LogP contribution in [0.5, 0.6) is 0 Å². The number of hydrogen-bond acceptors (Lipinski definition) is 4. The van der Waals surface area contributed by atoms with Crippen LogP contribution in [0.1, 0.15) is 0 Å². The standard InChI is InChI=1S/C12H9N7/c1-2-4-9-8(3-1)15-11(16-9)10-7-19(18-17-10)12-13-5-6-14-12/h1-7H,(H,13,14)(H,15,16). The molecule has 0 bridgehead atoms. The van der Waals surface area contributed by atoms with Gasteiger partial charge in [-0.15, -0.1) is 5.10 Å². The minimum Gasteiger partial charge on any atom is -0.337 e. The third-order valence-corrected chi connectivity index (χ3v) is 2.83. The molecule has 4 aromatic rings. The molecule has 0 saturated heterocycles. The maximum absolute atomic E-state index is 4.48. The summed E-state index contributed by atoms with van der Waals surface area (Å²) in [4.78, 5) is 14.8. The van der Waals surface area contributed by atoms with Crippen molar-refractivity contribution >= 4 is 11.0 Å². The van der Waals surface area contributed by atoms with Gasteiger partial charge in [0, 0.05) is 12.4 Å². The van der Waals surface area contributed by atoms with Crippen LogP contribution in [-0.2, 0) is 0 Å². The predicted octanol–water partition coefficient (Wildman–Crippen LogP) is 1.53. The third kappa shape index (κ3) is 1.60. The van der Waals surface area contributed by atoms with E-state index in [0.717, 1.165) is 11.0 Å². The van der Waals surface area contributed by atoms with Crippen molar-refractivity contribution in [1.82, 2.24) is 34.9 Å². The quantitative estimate of drug-likeness (QED) is 0.565. The lowest BCUT2D eigenvalue weighted by molar-refractivity contribution is 0.766. The second kappa shape index (κ2) is 3.77. The van der Waals surface area contributed by atoms with Crippen LogP contribution in [0, 0.1) is 0 Å². The molecule has 0 aliphatic carbocycles. The van der Waals surface area contributed by atoms with E-state index in [4.69, 9.17) is 0 Å². The summed E-state index contributed by atoms with van der Waals surface area (Å²) in [5.74, 6) is 1.31. The summed E-state index contributed by atoms with van der Waals surface area (Å²) in [6.07, 6.45) is 5.17. The van der Waals surface area contributed by atoms with Gasteiger partial charge in [-0.25, -0.2) is 9.97 Å². The highest BCUT2D eigenvalue weighted by Gasteiger charge is 2.10. The maximum Gasteiger partial charge on any atom is 0.229 e. The highest BCUT2D eigenvalue weighted by Crippen LogP contribution is 2.18. The van der Waals surface area contributed by atoms with Gasteiger partial charge in [-0.2, -0.15) is 4.68 Å². The van der Waals surface area contributed by atoms with Crippen LogP contribution in [0.4, 0.5) is 0 Å². The molecule has 0 saturated carbocycles. The molecule has 7 nitrogen and oxygen atoms in total. The molecule has 0 atom stereocenters. The Balaban J connectivity index is 1.80. The van der Waals surface area contributed by atoms with Crippen LogP contribution in [0.25, 0.3) is 28.5 Å². The Bertz CT molecular complexity index is 792. The number of nitrogens with zero attached hydrogens (tertiary/aromatic N) is 5. The first kappa shape index (κ1) is 10.0. The zero-order valence-corrected chi connectivity index (χ0v) is 9.78. The number of aromatic nitrogens is 7. The number of H-pyrrole nitrogens is 2. The van der Waals surface area contributed by atoms with Crippen LogP contribution in [0.2, 0.25) is 0 Å². The van der Waals surface area contributed by atoms with E-state index in [9.17, 15) is 0 Å². The lowest BCUT2D eigenvalue weighted by Crippen LogP contribution is -1.96. The van der Waals surface area contributed by atoms with E-state index in [1.807, 2.05) is 24.3 Å². The number of para-hydroxylation sites is 2. The van der Waals surface area contributed by atoms with E-state index < -0.39 is 0 Å². The first-order valence-electron chi connectivity index (χ1n) is 5.77. The summed E-state index contributed by atoms with van der Waals surface area (Å²) < 4.78 is 1.57. The maximum atomic E-state index is 4.48. The number of aromatic amines is 2. The Kier molecular flexibility index (Phi) is 1.99. The first-order chi connectivity index (χ1) is 9.40. The number of fused-ring (bicyclic) bond motifs is 1. The summed E-state index contributed by atoms with van der Waals surface area (Å²) in [6, 6.07) is 7.84. The first-order valence-corrected chi connectivity index (χ1v) is 5.77. The average molecular weight is 251 g/mol. The molecule has 1 aromatic carbocycles. The van der Waals surface area contributed by atoms with Crippen LogP contribution in [0.3, 0.4) is 0 Å². The summed E-state index contributed by atoms with van der Waals surface area (Å²) in [5, 5.41) is 8.12. The summed E-state index contributed by atoms with van der Waals surface area (Å²) >= 11 is 0. The number of rotatable bonds is 2. The van der Waals surface area contributed by atoms with E-state index in [0.29, 0.717) is 17.5 Å². The molecular formula is C12H9N7. The zero-order chi connectivity index (χ0) is 12.7. The molecule has 0 amide bonds. The lowest BCUT2D eigenvalue weighted by Gasteiger charge is -1.90. The van der Waals surface area contributed by atoms with Crippen molar-refractivity contribution in [3.8, 4) is 17.5 Å². The van der Waals surface area contributed by atoms with Gasteiger partial charge in [-0.05, 0) is 12.1 Å². The minimum atomic E-state index is 0.620. The molecule has 92 valence electrons. The molecule has 0 spiro atoms. The van der Waals surface area contributed by atoms with Gasteiger partial charge < -0.3 is 9.97 Å². The van der Waals surface area contributed by atoms with Crippen molar-refractivity contribution in [2.24, 2.45) is 0 Å². The smallest absolute Gasteiger partial charge is 0.229 e. The fourth-order valence-corrected chi connectivity index (χ4v) is 1.93. The minimum absolute atomic E-state index is 0.620. The molecule has 4 rings (SSSR count). The van der Waals surface area contributed by atoms with Crippen LogP contribution < -0.4 is 0 Å². The molecule has 7 heteroatoms. The van der Waals surface area contributed by atoms with Gasteiger partial charge in [0.25, 0.3) is 0 Å². The molecule has 0 aliphatic heterocycles. The number of benzene rings is 1. The second-order valence-electron chi connectivity index (χ2n) is 4.06. The molecule has 3 heterocycles. The molecule has 0 unspecified atom stereocenters. The largest absolute Gasteiger partial charge is 0.337 e. The van der Waals surface area contributed by atoms with Crippen molar-refractivity contribution in [2.45, 2.75) is 0 Å². The summed E-state index contributed by atoms with van der Waals surface area (Å²) in [5.41, 5.74) is 2.56. The fourth-order valence-electron chi connectivity index (χ4n) is 1.93. The number of nitrogens with one attached hydrogen (secondary N) is 2. The van der Waals surface area contributed by atoms with Crippen molar-refractivity contribution in [3.63, 3.8) is 0 Å². The Hall–Kier alpha value is -2.96. The van der Waals surface area contributed by atoms with Crippen molar-refractivity contribution in [2.75, 3.05) is 0 Å². The van der Waals surface area contributed by atoms with E-state index in [1.165, 1.54) is 0 Å². The van der Waals surface area contributed by atoms with E-state index in [2.05, 4.69) is 30.2 Å². The monoisotopic (exact) mass is 251 g/mol. The van der Waals surface area contributed by atoms with Crippen LogP contribution >= 0.6 is 0 Å². The Morgan fingerprint density at radius 3 is 2.95 bits per heavy atom. The number of hydrogen-bond donors (Lipinski definition) is 2. The molecule has 3 aromatic heterocycles. The van der Waals surface area contributed by atoms with Gasteiger partial charge in [0.05, 0.1) is 17.2 Å². The third-order valence-electron chi connectivity index (χ3n) is 2.83. The zero-order valence-electron chi connectivity index (χ0n) is 9.78. The van der Waals surface area contributed by atoms with Gasteiger partial charge in [0.2, 0.25) is 5.95 Å². The fraction of sp³-hybridized carbons (Fsp3) is 0. The number of imidazole rings is 2.